The van der Waals surface area contributed by atoms with E-state index >= 15 is 0 Å². The van der Waals surface area contributed by atoms with E-state index in [1.165, 1.54) is 0 Å². The Kier molecular flexibility index (Phi) is 6.75. The minimum absolute atomic E-state index is 0.303. The first-order valence-electron chi connectivity index (χ1n) is 8.67. The Bertz CT molecular complexity index is 967. The minimum Gasteiger partial charge on any atom is -0.487 e. The summed E-state index contributed by atoms with van der Waals surface area (Å²) in [6.45, 7) is 2.84. The molecule has 6 heteroatoms. The summed E-state index contributed by atoms with van der Waals surface area (Å²) in [4.78, 5) is 11.3. The lowest BCUT2D eigenvalue weighted by molar-refractivity contribution is 0.0696. The van der Waals surface area contributed by atoms with Gasteiger partial charge in [-0.2, -0.15) is 0 Å². The highest BCUT2D eigenvalue weighted by atomic mass is 79.9. The molecule has 0 bridgehead atoms. The maximum absolute atomic E-state index is 11.3. The summed E-state index contributed by atoms with van der Waals surface area (Å²) in [5.74, 6) is -0.178. The number of anilines is 1. The minimum atomic E-state index is -0.924. The summed E-state index contributed by atoms with van der Waals surface area (Å²) in [6, 6.07) is 19.2. The largest absolute Gasteiger partial charge is 0.487 e. The third-order valence-electron chi connectivity index (χ3n) is 4.33. The van der Waals surface area contributed by atoms with Crippen LogP contribution in [0.2, 0.25) is 0 Å². The molecule has 0 heterocycles. The third-order valence-corrected chi connectivity index (χ3v) is 5.51. The fourth-order valence-corrected chi connectivity index (χ4v) is 4.35. The van der Waals surface area contributed by atoms with Crippen LogP contribution in [-0.4, -0.2) is 11.1 Å². The third kappa shape index (κ3) is 4.94. The second-order valence-corrected chi connectivity index (χ2v) is 8.01. The molecule has 0 atom stereocenters. The Labute approximate surface area is 180 Å². The van der Waals surface area contributed by atoms with E-state index in [0.29, 0.717) is 18.7 Å². The molecule has 2 N–H and O–H groups in total. The molecule has 4 nitrogen and oxygen atoms in total. The number of rotatable bonds is 7. The zero-order valence-electron chi connectivity index (χ0n) is 15.2. The van der Waals surface area contributed by atoms with Gasteiger partial charge in [-0.05, 0) is 79.7 Å². The average Bonchev–Trinajstić information content (AvgIpc) is 2.67. The van der Waals surface area contributed by atoms with Crippen molar-refractivity contribution in [1.29, 1.82) is 0 Å². The lowest BCUT2D eigenvalue weighted by Crippen LogP contribution is -2.06. The molecule has 0 aromatic heterocycles. The summed E-state index contributed by atoms with van der Waals surface area (Å²) < 4.78 is 7.66. The fourth-order valence-electron chi connectivity index (χ4n) is 2.84. The van der Waals surface area contributed by atoms with Crippen molar-refractivity contribution in [3.63, 3.8) is 0 Å². The van der Waals surface area contributed by atoms with Crippen molar-refractivity contribution in [2.45, 2.75) is 20.1 Å². The number of carboxylic acid groups (broad SMARTS) is 1. The van der Waals surface area contributed by atoms with Crippen LogP contribution in [0.25, 0.3) is 0 Å². The Morgan fingerprint density at radius 3 is 2.32 bits per heavy atom. The molecule has 28 heavy (non-hydrogen) atoms. The number of carbonyl (C=O) groups is 1. The highest BCUT2D eigenvalue weighted by Gasteiger charge is 2.12. The van der Waals surface area contributed by atoms with E-state index < -0.39 is 5.97 Å². The van der Waals surface area contributed by atoms with Crippen LogP contribution in [0.4, 0.5) is 5.69 Å². The summed E-state index contributed by atoms with van der Waals surface area (Å²) in [7, 11) is 0. The molecular formula is C22H19Br2NO3. The van der Waals surface area contributed by atoms with Gasteiger partial charge in [-0.3, -0.25) is 0 Å². The molecule has 0 saturated heterocycles. The number of benzene rings is 3. The van der Waals surface area contributed by atoms with Crippen molar-refractivity contribution in [2.24, 2.45) is 0 Å². The zero-order chi connectivity index (χ0) is 20.1. The van der Waals surface area contributed by atoms with Crippen molar-refractivity contribution >= 4 is 43.5 Å². The maximum atomic E-state index is 11.3. The molecule has 0 amide bonds. The topological polar surface area (TPSA) is 58.6 Å². The van der Waals surface area contributed by atoms with Gasteiger partial charge >= 0.3 is 5.97 Å². The number of carboxylic acids is 1. The lowest BCUT2D eigenvalue weighted by Gasteiger charge is -2.15. The van der Waals surface area contributed by atoms with Crippen LogP contribution in [0.5, 0.6) is 5.75 Å². The Morgan fingerprint density at radius 2 is 1.68 bits per heavy atom. The van der Waals surface area contributed by atoms with E-state index in [2.05, 4.69) is 37.2 Å². The van der Waals surface area contributed by atoms with E-state index in [9.17, 15) is 9.90 Å². The smallest absolute Gasteiger partial charge is 0.336 e. The molecule has 0 aliphatic carbocycles. The standard InChI is InChI=1S/C22H19Br2NO3/c1-14-17(22(26)27)8-5-9-20(14)25-12-16-10-18(23)21(19(24)11-16)28-13-15-6-3-2-4-7-15/h2-11,25H,12-13H2,1H3,(H,26,27). The normalized spacial score (nSPS) is 10.5. The molecular weight excluding hydrogens is 486 g/mol. The first kappa shape index (κ1) is 20.4. The predicted molar refractivity (Wildman–Crippen MR) is 118 cm³/mol. The summed E-state index contributed by atoms with van der Waals surface area (Å²) in [6.07, 6.45) is 0. The number of aromatic carboxylic acids is 1. The van der Waals surface area contributed by atoms with Crippen LogP contribution in [0.1, 0.15) is 27.0 Å². The molecule has 0 radical (unpaired) electrons. The fraction of sp³-hybridized carbons (Fsp3) is 0.136. The van der Waals surface area contributed by atoms with Gasteiger partial charge in [-0.25, -0.2) is 4.79 Å². The van der Waals surface area contributed by atoms with Gasteiger partial charge in [0.1, 0.15) is 12.4 Å². The van der Waals surface area contributed by atoms with E-state index in [1.807, 2.05) is 48.5 Å². The summed E-state index contributed by atoms with van der Waals surface area (Å²) >= 11 is 7.16. The second-order valence-electron chi connectivity index (χ2n) is 6.30. The van der Waals surface area contributed by atoms with Gasteiger partial charge in [-0.1, -0.05) is 36.4 Å². The second kappa shape index (κ2) is 9.26. The van der Waals surface area contributed by atoms with E-state index in [-0.39, 0.29) is 0 Å². The van der Waals surface area contributed by atoms with Crippen LogP contribution < -0.4 is 10.1 Å². The SMILES string of the molecule is Cc1c(NCc2cc(Br)c(OCc3ccccc3)c(Br)c2)cccc1C(=O)O. The van der Waals surface area contributed by atoms with Crippen molar-refractivity contribution in [3.8, 4) is 5.75 Å². The molecule has 0 spiro atoms. The summed E-state index contributed by atoms with van der Waals surface area (Å²) in [5.41, 5.74) is 3.95. The van der Waals surface area contributed by atoms with Gasteiger partial charge in [0.15, 0.2) is 0 Å². The van der Waals surface area contributed by atoms with Gasteiger partial charge in [-0.15, -0.1) is 0 Å². The molecule has 3 aromatic rings. The number of nitrogens with one attached hydrogen (secondary N) is 1. The van der Waals surface area contributed by atoms with Crippen LogP contribution in [0.15, 0.2) is 69.6 Å². The van der Waals surface area contributed by atoms with Crippen LogP contribution in [0, 0.1) is 6.92 Å². The van der Waals surface area contributed by atoms with Crippen LogP contribution in [-0.2, 0) is 13.2 Å². The van der Waals surface area contributed by atoms with Gasteiger partial charge in [0.25, 0.3) is 0 Å². The Balaban J connectivity index is 1.71. The van der Waals surface area contributed by atoms with Crippen molar-refractivity contribution in [2.75, 3.05) is 5.32 Å². The quantitative estimate of drug-likeness (QED) is 0.390. The molecule has 3 aromatic carbocycles. The van der Waals surface area contributed by atoms with Gasteiger partial charge in [0, 0.05) is 12.2 Å². The lowest BCUT2D eigenvalue weighted by atomic mass is 10.1. The first-order chi connectivity index (χ1) is 13.5. The molecule has 0 aliphatic rings. The Morgan fingerprint density at radius 1 is 1.00 bits per heavy atom. The first-order valence-corrected chi connectivity index (χ1v) is 10.3. The highest BCUT2D eigenvalue weighted by molar-refractivity contribution is 9.11. The predicted octanol–water partition coefficient (Wildman–Crippen LogP) is 6.41. The molecule has 0 fully saturated rings. The molecule has 0 aliphatic heterocycles. The number of halogens is 2. The van der Waals surface area contributed by atoms with Gasteiger partial charge in [0.2, 0.25) is 0 Å². The number of ether oxygens (including phenoxy) is 1. The molecule has 3 rings (SSSR count). The number of hydrogen-bond donors (Lipinski definition) is 2. The molecule has 0 unspecified atom stereocenters. The highest BCUT2D eigenvalue weighted by Crippen LogP contribution is 2.35. The Hall–Kier alpha value is -2.31. The van der Waals surface area contributed by atoms with Gasteiger partial charge in [0.05, 0.1) is 14.5 Å². The van der Waals surface area contributed by atoms with E-state index in [1.54, 1.807) is 19.1 Å². The van der Waals surface area contributed by atoms with Crippen molar-refractivity contribution in [3.05, 3.63) is 91.9 Å². The average molecular weight is 505 g/mol. The monoisotopic (exact) mass is 503 g/mol. The maximum Gasteiger partial charge on any atom is 0.336 e. The van der Waals surface area contributed by atoms with Crippen LogP contribution >= 0.6 is 31.9 Å². The van der Waals surface area contributed by atoms with E-state index in [4.69, 9.17) is 4.74 Å². The number of hydrogen-bond acceptors (Lipinski definition) is 3. The van der Waals surface area contributed by atoms with Crippen molar-refractivity contribution < 1.29 is 14.6 Å². The molecule has 0 saturated carbocycles. The summed E-state index contributed by atoms with van der Waals surface area (Å²) in [5, 5.41) is 12.6. The molecule has 144 valence electrons. The van der Waals surface area contributed by atoms with Crippen molar-refractivity contribution in [1.82, 2.24) is 0 Å². The van der Waals surface area contributed by atoms with Gasteiger partial charge < -0.3 is 15.2 Å². The van der Waals surface area contributed by atoms with Crippen LogP contribution in [0.3, 0.4) is 0 Å². The van der Waals surface area contributed by atoms with E-state index in [0.717, 1.165) is 37.1 Å². The zero-order valence-corrected chi connectivity index (χ0v) is 18.4.